The Kier molecular flexibility index (Phi) is 5.40. The molecule has 0 saturated carbocycles. The molecule has 0 atom stereocenters. The number of ether oxygens (including phenoxy) is 1. The van der Waals surface area contributed by atoms with Crippen LogP contribution in [0.15, 0.2) is 78.1 Å². The van der Waals surface area contributed by atoms with Crippen LogP contribution < -0.4 is 10.3 Å². The molecule has 3 aromatic heterocycles. The van der Waals surface area contributed by atoms with Crippen molar-refractivity contribution in [1.29, 1.82) is 0 Å². The molecule has 0 aliphatic rings. The van der Waals surface area contributed by atoms with Crippen molar-refractivity contribution in [3.8, 4) is 16.9 Å². The van der Waals surface area contributed by atoms with Gasteiger partial charge in [0, 0.05) is 11.8 Å². The maximum atomic E-state index is 13.2. The van der Waals surface area contributed by atoms with Crippen molar-refractivity contribution in [2.75, 3.05) is 7.11 Å². The molecule has 0 spiro atoms. The molecule has 0 aliphatic heterocycles. The minimum absolute atomic E-state index is 0.170. The second-order valence-electron chi connectivity index (χ2n) is 7.89. The SMILES string of the molecule is COc1ccc(-c2cnc3ncn(Cc4cn(Cc5ccc(C)cc5)nn4)c(=O)c3c2)cc1. The van der Waals surface area contributed by atoms with Crippen molar-refractivity contribution in [3.05, 3.63) is 100 Å². The summed E-state index contributed by atoms with van der Waals surface area (Å²) in [7, 11) is 1.63. The van der Waals surface area contributed by atoms with Crippen LogP contribution in [0.25, 0.3) is 22.2 Å². The van der Waals surface area contributed by atoms with Gasteiger partial charge in [0.25, 0.3) is 5.56 Å². The molecule has 0 aliphatic carbocycles. The number of aromatic nitrogens is 6. The molecular weight excluding hydrogens is 416 g/mol. The largest absolute Gasteiger partial charge is 0.497 e. The summed E-state index contributed by atoms with van der Waals surface area (Å²) in [5.41, 5.74) is 5.06. The van der Waals surface area contributed by atoms with Gasteiger partial charge < -0.3 is 4.74 Å². The van der Waals surface area contributed by atoms with Gasteiger partial charge in [-0.15, -0.1) is 5.10 Å². The van der Waals surface area contributed by atoms with Crippen LogP contribution in [0.4, 0.5) is 0 Å². The first-order valence-corrected chi connectivity index (χ1v) is 10.5. The topological polar surface area (TPSA) is 87.7 Å². The Hall–Kier alpha value is -4.33. The minimum Gasteiger partial charge on any atom is -0.497 e. The van der Waals surface area contributed by atoms with E-state index in [0.717, 1.165) is 22.4 Å². The lowest BCUT2D eigenvalue weighted by Crippen LogP contribution is -2.21. The van der Waals surface area contributed by atoms with Crippen molar-refractivity contribution in [1.82, 2.24) is 29.5 Å². The van der Waals surface area contributed by atoms with Gasteiger partial charge in [-0.3, -0.25) is 9.36 Å². The molecule has 8 heteroatoms. The summed E-state index contributed by atoms with van der Waals surface area (Å²) < 4.78 is 8.51. The highest BCUT2D eigenvalue weighted by Gasteiger charge is 2.10. The van der Waals surface area contributed by atoms with E-state index < -0.39 is 0 Å². The van der Waals surface area contributed by atoms with Gasteiger partial charge in [-0.25, -0.2) is 14.6 Å². The third-order valence-electron chi connectivity index (χ3n) is 5.48. The zero-order valence-electron chi connectivity index (χ0n) is 18.3. The summed E-state index contributed by atoms with van der Waals surface area (Å²) in [6, 6.07) is 17.7. The summed E-state index contributed by atoms with van der Waals surface area (Å²) in [5, 5.41) is 8.88. The van der Waals surface area contributed by atoms with Gasteiger partial charge in [0.15, 0.2) is 5.65 Å². The van der Waals surface area contributed by atoms with E-state index >= 15 is 0 Å². The Labute approximate surface area is 190 Å². The van der Waals surface area contributed by atoms with E-state index in [2.05, 4.69) is 51.5 Å². The molecule has 0 amide bonds. The monoisotopic (exact) mass is 438 g/mol. The minimum atomic E-state index is -0.170. The van der Waals surface area contributed by atoms with Gasteiger partial charge in [-0.05, 0) is 36.2 Å². The summed E-state index contributed by atoms with van der Waals surface area (Å²) in [6.45, 7) is 2.96. The molecule has 0 N–H and O–H groups in total. The van der Waals surface area contributed by atoms with Gasteiger partial charge in [0.2, 0.25) is 0 Å². The first-order valence-electron chi connectivity index (χ1n) is 10.5. The molecule has 0 bridgehead atoms. The molecule has 164 valence electrons. The fourth-order valence-electron chi connectivity index (χ4n) is 3.65. The lowest BCUT2D eigenvalue weighted by atomic mass is 10.1. The number of aryl methyl sites for hydroxylation is 1. The van der Waals surface area contributed by atoms with E-state index in [1.807, 2.05) is 36.5 Å². The average Bonchev–Trinajstić information content (AvgIpc) is 3.29. The van der Waals surface area contributed by atoms with Crippen molar-refractivity contribution >= 4 is 11.0 Å². The molecule has 3 heterocycles. The van der Waals surface area contributed by atoms with Gasteiger partial charge in [-0.2, -0.15) is 0 Å². The summed E-state index contributed by atoms with van der Waals surface area (Å²) in [4.78, 5) is 21.9. The number of fused-ring (bicyclic) bond motifs is 1. The van der Waals surface area contributed by atoms with Crippen molar-refractivity contribution in [2.24, 2.45) is 0 Å². The second-order valence-corrected chi connectivity index (χ2v) is 7.89. The summed E-state index contributed by atoms with van der Waals surface area (Å²) in [5.74, 6) is 0.770. The number of benzene rings is 2. The van der Waals surface area contributed by atoms with Gasteiger partial charge in [0.05, 0.1) is 31.8 Å². The van der Waals surface area contributed by atoms with Crippen LogP contribution in [0.1, 0.15) is 16.8 Å². The summed E-state index contributed by atoms with van der Waals surface area (Å²) >= 11 is 0. The Morgan fingerprint density at radius 3 is 2.48 bits per heavy atom. The van der Waals surface area contributed by atoms with Crippen LogP contribution in [0.3, 0.4) is 0 Å². The summed E-state index contributed by atoms with van der Waals surface area (Å²) in [6.07, 6.45) is 5.07. The van der Waals surface area contributed by atoms with Crippen molar-refractivity contribution in [2.45, 2.75) is 20.0 Å². The Morgan fingerprint density at radius 1 is 0.939 bits per heavy atom. The Morgan fingerprint density at radius 2 is 1.73 bits per heavy atom. The fourth-order valence-corrected chi connectivity index (χ4v) is 3.65. The smallest absolute Gasteiger partial charge is 0.263 e. The zero-order valence-corrected chi connectivity index (χ0v) is 18.3. The zero-order chi connectivity index (χ0) is 22.8. The third kappa shape index (κ3) is 4.36. The van der Waals surface area contributed by atoms with Gasteiger partial charge in [-0.1, -0.05) is 47.2 Å². The lowest BCUT2D eigenvalue weighted by molar-refractivity contribution is 0.415. The van der Waals surface area contributed by atoms with E-state index in [9.17, 15) is 4.79 Å². The lowest BCUT2D eigenvalue weighted by Gasteiger charge is -2.07. The number of pyridine rings is 1. The highest BCUT2D eigenvalue weighted by molar-refractivity contribution is 5.80. The van der Waals surface area contributed by atoms with Gasteiger partial charge >= 0.3 is 0 Å². The maximum absolute atomic E-state index is 13.2. The number of nitrogens with zero attached hydrogens (tertiary/aromatic N) is 6. The average molecular weight is 438 g/mol. The molecule has 0 radical (unpaired) electrons. The molecule has 0 saturated heterocycles. The molecule has 0 unspecified atom stereocenters. The highest BCUT2D eigenvalue weighted by atomic mass is 16.5. The molecule has 8 nitrogen and oxygen atoms in total. The van der Waals surface area contributed by atoms with Crippen LogP contribution in [0, 0.1) is 6.92 Å². The molecule has 33 heavy (non-hydrogen) atoms. The normalized spacial score (nSPS) is 11.1. The van der Waals surface area contributed by atoms with E-state index in [-0.39, 0.29) is 12.1 Å². The van der Waals surface area contributed by atoms with Crippen molar-refractivity contribution < 1.29 is 4.74 Å². The molecular formula is C25H22N6O2. The number of hydrogen-bond acceptors (Lipinski definition) is 6. The molecule has 0 fully saturated rings. The number of hydrogen-bond donors (Lipinski definition) is 0. The highest BCUT2D eigenvalue weighted by Crippen LogP contribution is 2.23. The van der Waals surface area contributed by atoms with Gasteiger partial charge in [0.1, 0.15) is 17.8 Å². The standard InChI is InChI=1S/C25H22N6O2/c1-17-3-5-18(6-4-17)13-31-15-21(28-29-31)14-30-16-27-24-23(25(30)32)11-20(12-26-24)19-7-9-22(33-2)10-8-19/h3-12,15-16H,13-14H2,1-2H3. The van der Waals surface area contributed by atoms with Crippen LogP contribution >= 0.6 is 0 Å². The van der Waals surface area contributed by atoms with Crippen LogP contribution in [0.2, 0.25) is 0 Å². The first kappa shape index (κ1) is 20.6. The van der Waals surface area contributed by atoms with Crippen LogP contribution in [-0.4, -0.2) is 36.6 Å². The maximum Gasteiger partial charge on any atom is 0.263 e. The van der Waals surface area contributed by atoms with E-state index in [0.29, 0.717) is 23.3 Å². The predicted octanol–water partition coefficient (Wildman–Crippen LogP) is 3.46. The van der Waals surface area contributed by atoms with E-state index in [1.165, 1.54) is 16.5 Å². The number of rotatable bonds is 6. The van der Waals surface area contributed by atoms with E-state index in [4.69, 9.17) is 4.74 Å². The molecule has 5 aromatic rings. The first-order chi connectivity index (χ1) is 16.1. The van der Waals surface area contributed by atoms with Crippen LogP contribution in [0.5, 0.6) is 5.75 Å². The molecule has 5 rings (SSSR count). The predicted molar refractivity (Wildman–Crippen MR) is 125 cm³/mol. The Balaban J connectivity index is 1.40. The molecule has 2 aromatic carbocycles. The third-order valence-corrected chi connectivity index (χ3v) is 5.48. The van der Waals surface area contributed by atoms with Crippen molar-refractivity contribution in [3.63, 3.8) is 0 Å². The quantitative estimate of drug-likeness (QED) is 0.403. The second kappa shape index (κ2) is 8.66. The Bertz CT molecular complexity index is 1470. The fraction of sp³-hybridized carbons (Fsp3) is 0.160. The number of methoxy groups -OCH3 is 1. The van der Waals surface area contributed by atoms with Crippen LogP contribution in [-0.2, 0) is 13.1 Å². The van der Waals surface area contributed by atoms with E-state index in [1.54, 1.807) is 18.0 Å².